The van der Waals surface area contributed by atoms with Crippen LogP contribution >= 0.6 is 0 Å². The van der Waals surface area contributed by atoms with Crippen molar-refractivity contribution in [2.75, 3.05) is 0 Å². The topological polar surface area (TPSA) is 51.4 Å². The summed E-state index contributed by atoms with van der Waals surface area (Å²) in [5.41, 5.74) is 0. The van der Waals surface area contributed by atoms with Crippen LogP contribution in [-0.4, -0.2) is 23.0 Å². The number of hydrogen-bond donors (Lipinski definition) is 1. The molecule has 6 unspecified atom stereocenters. The molecule has 0 aromatic heterocycles. The normalized spacial score (nSPS) is 38.0. The number of aliphatic hydroxyl groups is 1. The van der Waals surface area contributed by atoms with Gasteiger partial charge in [-0.25, -0.2) is 0 Å². The number of allylic oxidation sites excluding steroid dienone is 2. The van der Waals surface area contributed by atoms with Crippen LogP contribution in [0.2, 0.25) is 0 Å². The Morgan fingerprint density at radius 1 is 0.893 bits per heavy atom. The fraction of sp³-hybridized carbons (Fsp3) is 0.833. The molecule has 163 valence electrons. The van der Waals surface area contributed by atoms with Crippen LogP contribution in [0.1, 0.15) is 90.9 Å². The van der Waals surface area contributed by atoms with Gasteiger partial charge in [0.1, 0.15) is 0 Å². The van der Waals surface area contributed by atoms with Crippen LogP contribution in [-0.2, 0) is 24.9 Å². The van der Waals surface area contributed by atoms with E-state index in [-0.39, 0.29) is 31.6 Å². The van der Waals surface area contributed by atoms with Gasteiger partial charge in [0, 0.05) is 26.2 Å². The van der Waals surface area contributed by atoms with Crippen molar-refractivity contribution in [1.29, 1.82) is 0 Å². The second-order valence-corrected chi connectivity index (χ2v) is 9.35. The Balaban J connectivity index is 0.000000306. The number of hydrogen-bond acceptors (Lipinski definition) is 2. The molecule has 4 heteroatoms. The molecule has 3 aliphatic carbocycles. The molecular weight excluding hydrogens is 526 g/mol. The fourth-order valence-electron chi connectivity index (χ4n) is 6.31. The van der Waals surface area contributed by atoms with Crippen LogP contribution in [0.25, 0.3) is 5.32 Å². The van der Waals surface area contributed by atoms with E-state index in [4.69, 9.17) is 10.4 Å². The molecule has 1 N–H and O–H groups in total. The van der Waals surface area contributed by atoms with Crippen molar-refractivity contribution in [3.05, 3.63) is 23.6 Å². The Morgan fingerprint density at radius 2 is 1.50 bits per heavy atom. The quantitative estimate of drug-likeness (QED) is 0.235. The van der Waals surface area contributed by atoms with Crippen molar-refractivity contribution in [3.8, 4) is 0 Å². The average Bonchev–Trinajstić information content (AvgIpc) is 2.67. The molecule has 3 saturated carbocycles. The monoisotopic (exact) mass is 566 g/mol. The van der Waals surface area contributed by atoms with Gasteiger partial charge in [0.05, 0.1) is 5.76 Å². The van der Waals surface area contributed by atoms with Gasteiger partial charge in [0.15, 0.2) is 5.78 Å². The number of piperidine rings is 1. The van der Waals surface area contributed by atoms with Gasteiger partial charge >= 0.3 is 0 Å². The predicted molar refractivity (Wildman–Crippen MR) is 112 cm³/mol. The first kappa shape index (κ1) is 24.1. The second-order valence-electron chi connectivity index (χ2n) is 9.35. The summed E-state index contributed by atoms with van der Waals surface area (Å²) in [4.78, 5) is 10.0. The van der Waals surface area contributed by atoms with Crippen molar-refractivity contribution >= 4 is 5.78 Å². The van der Waals surface area contributed by atoms with Gasteiger partial charge in [0.25, 0.3) is 0 Å². The molecule has 0 amide bonds. The maximum Gasteiger partial charge on any atom is 0.155 e. The van der Waals surface area contributed by atoms with E-state index in [2.05, 4.69) is 6.42 Å². The third kappa shape index (κ3) is 6.41. The summed E-state index contributed by atoms with van der Waals surface area (Å²) in [6.07, 6.45) is 21.4. The number of carbonyl (C=O) groups is 1. The smallest absolute Gasteiger partial charge is 0.155 e. The van der Waals surface area contributed by atoms with E-state index >= 15 is 0 Å². The molecule has 4 fully saturated rings. The van der Waals surface area contributed by atoms with Crippen LogP contribution in [0.4, 0.5) is 0 Å². The van der Waals surface area contributed by atoms with E-state index in [1.54, 1.807) is 0 Å². The van der Waals surface area contributed by atoms with E-state index in [1.807, 2.05) is 0 Å². The van der Waals surface area contributed by atoms with E-state index < -0.39 is 0 Å². The molecule has 28 heavy (non-hydrogen) atoms. The molecule has 6 atom stereocenters. The molecule has 0 aromatic rings. The number of fused-ring (bicyclic) bond motifs is 3. The van der Waals surface area contributed by atoms with Gasteiger partial charge in [-0.3, -0.25) is 4.79 Å². The zero-order chi connectivity index (χ0) is 19.2. The summed E-state index contributed by atoms with van der Waals surface area (Å²) in [5.74, 6) is 3.77. The van der Waals surface area contributed by atoms with E-state index in [9.17, 15) is 4.79 Å². The van der Waals surface area contributed by atoms with Crippen LogP contribution in [0.3, 0.4) is 0 Å². The molecule has 0 spiro atoms. The molecule has 3 nitrogen and oxygen atoms in total. The summed E-state index contributed by atoms with van der Waals surface area (Å²) >= 11 is 0. The van der Waals surface area contributed by atoms with E-state index in [0.29, 0.717) is 0 Å². The summed E-state index contributed by atoms with van der Waals surface area (Å²) in [6, 6.07) is 1.48. The number of nitrogens with zero attached hydrogens (tertiary/aromatic N) is 1. The van der Waals surface area contributed by atoms with Crippen LogP contribution < -0.4 is 0 Å². The zero-order valence-corrected chi connectivity index (χ0v) is 20.1. The average molecular weight is 566 g/mol. The Hall–Kier alpha value is -0.181. The first-order valence-electron chi connectivity index (χ1n) is 11.5. The van der Waals surface area contributed by atoms with Gasteiger partial charge < -0.3 is 16.8 Å². The van der Waals surface area contributed by atoms with Gasteiger partial charge in [0.2, 0.25) is 0 Å². The van der Waals surface area contributed by atoms with E-state index in [1.165, 1.54) is 97.0 Å². The molecule has 0 bridgehead atoms. The first-order chi connectivity index (χ1) is 13.1. The van der Waals surface area contributed by atoms with Gasteiger partial charge in [-0.2, -0.15) is 18.4 Å². The Morgan fingerprint density at radius 3 is 2.07 bits per heavy atom. The Labute approximate surface area is 185 Å². The third-order valence-electron chi connectivity index (χ3n) is 7.32. The van der Waals surface area contributed by atoms with Crippen LogP contribution in [0.5, 0.6) is 0 Å². The van der Waals surface area contributed by atoms with Crippen LogP contribution in [0, 0.1) is 30.1 Å². The summed E-state index contributed by atoms with van der Waals surface area (Å²) in [7, 11) is 0. The maximum atomic E-state index is 10.0. The van der Waals surface area contributed by atoms with Crippen molar-refractivity contribution in [2.45, 2.75) is 103 Å². The molecular formula is C24H39IrNO2-2. The fourth-order valence-corrected chi connectivity index (χ4v) is 6.31. The number of ketones is 1. The van der Waals surface area contributed by atoms with Crippen LogP contribution in [0.15, 0.2) is 11.8 Å². The minimum atomic E-state index is -0.125. The minimum absolute atomic E-state index is 0. The van der Waals surface area contributed by atoms with Crippen molar-refractivity contribution in [1.82, 2.24) is 0 Å². The molecule has 4 rings (SSSR count). The molecule has 0 aromatic carbocycles. The first-order valence-corrected chi connectivity index (χ1v) is 11.5. The molecule has 1 heterocycles. The predicted octanol–water partition coefficient (Wildman–Crippen LogP) is 6.54. The van der Waals surface area contributed by atoms with Crippen molar-refractivity contribution < 1.29 is 30.0 Å². The van der Waals surface area contributed by atoms with Crippen molar-refractivity contribution in [3.63, 3.8) is 0 Å². The summed E-state index contributed by atoms with van der Waals surface area (Å²) in [5, 5.41) is 13.8. The third-order valence-corrected chi connectivity index (χ3v) is 7.32. The van der Waals surface area contributed by atoms with Gasteiger partial charge in [-0.15, -0.1) is 6.04 Å². The Bertz CT molecular complexity index is 508. The largest absolute Gasteiger partial charge is 0.658 e. The molecule has 1 radical (unpaired) electrons. The number of rotatable bonds is 2. The summed E-state index contributed by atoms with van der Waals surface area (Å²) in [6.45, 7) is 2.85. The minimum Gasteiger partial charge on any atom is -0.658 e. The molecule has 1 saturated heterocycles. The number of carbonyl (C=O) groups excluding carboxylic acids is 1. The van der Waals surface area contributed by atoms with Crippen molar-refractivity contribution in [2.24, 2.45) is 23.7 Å². The van der Waals surface area contributed by atoms with Gasteiger partial charge in [-0.05, 0) is 19.8 Å². The summed E-state index contributed by atoms with van der Waals surface area (Å²) < 4.78 is 0. The Kier molecular flexibility index (Phi) is 10.2. The zero-order valence-electron chi connectivity index (χ0n) is 17.7. The molecule has 1 aliphatic heterocycles. The van der Waals surface area contributed by atoms with E-state index in [0.717, 1.165) is 35.8 Å². The number of aliphatic hydroxyl groups excluding tert-OH is 1. The molecule has 4 aliphatic rings. The standard InChI is InChI=1S/C19H31N.C5H8O2.Ir/c1-2-8-14(9-3-1)19-17-12-5-4-10-15(17)16-11-6-7-13-18(16)20-19;1-4(6)3-5(2)7;/h8,14-19H,1-7,9-13H2;3,6H,1-2H3;/q-2;;/b;4-3-;. The SMILES string of the molecule is CC(=O)/C=C(/C)O.[CH-]1CCCCC1C1[N-]C2CCCCC2C2CCCCC21.[Ir]. The second kappa shape index (κ2) is 11.9. The maximum absolute atomic E-state index is 10.0. The van der Waals surface area contributed by atoms with Gasteiger partial charge in [-0.1, -0.05) is 82.5 Å².